The predicted octanol–water partition coefficient (Wildman–Crippen LogP) is 2.88. The Bertz CT molecular complexity index is 968. The van der Waals surface area contributed by atoms with E-state index < -0.39 is 0 Å². The van der Waals surface area contributed by atoms with Gasteiger partial charge < -0.3 is 20.2 Å². The first kappa shape index (κ1) is 19.5. The number of ether oxygens (including phenoxy) is 1. The van der Waals surface area contributed by atoms with E-state index in [2.05, 4.69) is 20.3 Å². The van der Waals surface area contributed by atoms with Crippen LogP contribution in [0.5, 0.6) is 0 Å². The van der Waals surface area contributed by atoms with Crippen LogP contribution in [0.3, 0.4) is 0 Å². The lowest BCUT2D eigenvalue weighted by Gasteiger charge is -2.09. The van der Waals surface area contributed by atoms with Crippen molar-refractivity contribution in [1.82, 2.24) is 20.3 Å². The lowest BCUT2D eigenvalue weighted by molar-refractivity contribution is 0.0635. The van der Waals surface area contributed by atoms with Crippen LogP contribution >= 0.6 is 0 Å². The van der Waals surface area contributed by atoms with Gasteiger partial charge in [0.05, 0.1) is 30.6 Å². The van der Waals surface area contributed by atoms with Crippen LogP contribution in [0.2, 0.25) is 0 Å². The first-order chi connectivity index (χ1) is 13.4. The number of aromatic nitrogens is 3. The van der Waals surface area contributed by atoms with E-state index in [9.17, 15) is 4.79 Å². The maximum atomic E-state index is 12.5. The number of nitrogens with one attached hydrogen (secondary N) is 1. The molecule has 3 rings (SSSR count). The second-order valence-electron chi connectivity index (χ2n) is 6.57. The van der Waals surface area contributed by atoms with Gasteiger partial charge in [-0.05, 0) is 51.1 Å². The van der Waals surface area contributed by atoms with Crippen LogP contribution < -0.4 is 11.1 Å². The van der Waals surface area contributed by atoms with Gasteiger partial charge in [0.1, 0.15) is 17.1 Å². The third kappa shape index (κ3) is 5.14. The number of nitrogens with two attached hydrogens (primary N) is 1. The van der Waals surface area contributed by atoms with Crippen molar-refractivity contribution in [2.45, 2.75) is 40.0 Å². The average molecular weight is 381 g/mol. The minimum absolute atomic E-state index is 0.00246. The molecule has 0 radical (unpaired) electrons. The van der Waals surface area contributed by atoms with Crippen molar-refractivity contribution >= 4 is 11.9 Å². The molecule has 1 amide bonds. The lowest BCUT2D eigenvalue weighted by Crippen LogP contribution is -2.25. The second kappa shape index (κ2) is 8.62. The number of carbonyl (C=O) groups excluding carboxylic acids is 1. The van der Waals surface area contributed by atoms with Gasteiger partial charge in [0.15, 0.2) is 5.76 Å². The minimum atomic E-state index is -0.371. The number of amides is 1. The van der Waals surface area contributed by atoms with Gasteiger partial charge in [-0.1, -0.05) is 6.07 Å². The predicted molar refractivity (Wildman–Crippen MR) is 104 cm³/mol. The molecule has 8 nitrogen and oxygen atoms in total. The normalized spacial score (nSPS) is 11.0. The van der Waals surface area contributed by atoms with Gasteiger partial charge in [0.2, 0.25) is 5.95 Å². The molecule has 28 heavy (non-hydrogen) atoms. The van der Waals surface area contributed by atoms with Gasteiger partial charge in [-0.25, -0.2) is 9.97 Å². The molecule has 3 N–H and O–H groups in total. The van der Waals surface area contributed by atoms with E-state index in [1.54, 1.807) is 12.1 Å². The molecule has 0 bridgehead atoms. The summed E-state index contributed by atoms with van der Waals surface area (Å²) in [6, 6.07) is 10.7. The Labute approximate surface area is 163 Å². The highest BCUT2D eigenvalue weighted by Crippen LogP contribution is 2.21. The Hall–Kier alpha value is -3.26. The van der Waals surface area contributed by atoms with Gasteiger partial charge in [-0.15, -0.1) is 0 Å². The zero-order chi connectivity index (χ0) is 20.1. The van der Waals surface area contributed by atoms with E-state index in [4.69, 9.17) is 14.9 Å². The van der Waals surface area contributed by atoms with Crippen LogP contribution in [0.15, 0.2) is 40.8 Å². The SMILES string of the molecule is Cc1ccc(-c2cc(C(=O)NCc3cccc(COC(C)C)n3)nc(N)n2)o1. The number of rotatable bonds is 7. The maximum absolute atomic E-state index is 12.5. The Kier molecular flexibility index (Phi) is 6.00. The highest BCUT2D eigenvalue weighted by Gasteiger charge is 2.14. The average Bonchev–Trinajstić information content (AvgIpc) is 3.11. The molecule has 0 aliphatic carbocycles. The monoisotopic (exact) mass is 381 g/mol. The Morgan fingerprint density at radius 1 is 1.18 bits per heavy atom. The van der Waals surface area contributed by atoms with Gasteiger partial charge in [-0.3, -0.25) is 9.78 Å². The topological polar surface area (TPSA) is 116 Å². The van der Waals surface area contributed by atoms with Gasteiger partial charge in [-0.2, -0.15) is 0 Å². The minimum Gasteiger partial charge on any atom is -0.460 e. The summed E-state index contributed by atoms with van der Waals surface area (Å²) in [5.74, 6) is 0.901. The number of carbonyl (C=O) groups is 1. The fourth-order valence-electron chi connectivity index (χ4n) is 2.50. The van der Waals surface area contributed by atoms with Crippen LogP contribution in [0.4, 0.5) is 5.95 Å². The van der Waals surface area contributed by atoms with Gasteiger partial charge >= 0.3 is 0 Å². The van der Waals surface area contributed by atoms with Crippen molar-refractivity contribution in [3.8, 4) is 11.5 Å². The maximum Gasteiger partial charge on any atom is 0.270 e. The molecule has 0 unspecified atom stereocenters. The van der Waals surface area contributed by atoms with Crippen molar-refractivity contribution in [3.63, 3.8) is 0 Å². The summed E-state index contributed by atoms with van der Waals surface area (Å²) in [6.07, 6.45) is 0.125. The molecule has 3 heterocycles. The van der Waals surface area contributed by atoms with Crippen molar-refractivity contribution < 1.29 is 13.9 Å². The molecule has 3 aromatic rings. The van der Waals surface area contributed by atoms with E-state index in [0.717, 1.165) is 17.1 Å². The number of aryl methyl sites for hydroxylation is 1. The third-order valence-electron chi connectivity index (χ3n) is 3.83. The molecule has 0 saturated heterocycles. The molecule has 3 aromatic heterocycles. The Morgan fingerprint density at radius 3 is 2.68 bits per heavy atom. The molecule has 0 atom stereocenters. The van der Waals surface area contributed by atoms with Crippen LogP contribution in [0.1, 0.15) is 41.5 Å². The number of hydrogen-bond acceptors (Lipinski definition) is 7. The summed E-state index contributed by atoms with van der Waals surface area (Å²) in [5, 5.41) is 2.80. The molecule has 146 valence electrons. The van der Waals surface area contributed by atoms with Crippen LogP contribution in [-0.2, 0) is 17.9 Å². The summed E-state index contributed by atoms with van der Waals surface area (Å²) in [5.41, 5.74) is 7.91. The van der Waals surface area contributed by atoms with E-state index in [0.29, 0.717) is 18.1 Å². The highest BCUT2D eigenvalue weighted by molar-refractivity contribution is 5.93. The quantitative estimate of drug-likeness (QED) is 0.646. The fourth-order valence-corrected chi connectivity index (χ4v) is 2.50. The van der Waals surface area contributed by atoms with E-state index in [-0.39, 0.29) is 30.2 Å². The van der Waals surface area contributed by atoms with E-state index in [1.807, 2.05) is 45.0 Å². The fraction of sp³-hybridized carbons (Fsp3) is 0.300. The van der Waals surface area contributed by atoms with Crippen molar-refractivity contribution in [2.75, 3.05) is 5.73 Å². The molecular formula is C20H23N5O3. The first-order valence-electron chi connectivity index (χ1n) is 8.96. The highest BCUT2D eigenvalue weighted by atomic mass is 16.5. The van der Waals surface area contributed by atoms with Crippen LogP contribution in [-0.4, -0.2) is 27.0 Å². The lowest BCUT2D eigenvalue weighted by atomic mass is 10.2. The standard InChI is InChI=1S/C20H23N5O3/c1-12(2)27-11-15-6-4-5-14(23-15)10-22-19(26)17-9-16(24-20(21)25-17)18-8-7-13(3)28-18/h4-9,12H,10-11H2,1-3H3,(H,22,26)(H2,21,24,25). The van der Waals surface area contributed by atoms with Crippen molar-refractivity contribution in [1.29, 1.82) is 0 Å². The first-order valence-corrected chi connectivity index (χ1v) is 8.96. The Morgan fingerprint density at radius 2 is 1.96 bits per heavy atom. The van der Waals surface area contributed by atoms with Gasteiger partial charge in [0.25, 0.3) is 5.91 Å². The van der Waals surface area contributed by atoms with Crippen molar-refractivity contribution in [2.24, 2.45) is 0 Å². The van der Waals surface area contributed by atoms with E-state index in [1.165, 1.54) is 0 Å². The molecule has 0 spiro atoms. The zero-order valence-corrected chi connectivity index (χ0v) is 16.1. The number of hydrogen-bond donors (Lipinski definition) is 2. The molecular weight excluding hydrogens is 358 g/mol. The Balaban J connectivity index is 1.68. The molecule has 0 aromatic carbocycles. The molecule has 0 fully saturated rings. The summed E-state index contributed by atoms with van der Waals surface area (Å²) in [6.45, 7) is 6.45. The number of anilines is 1. The zero-order valence-electron chi connectivity index (χ0n) is 16.1. The number of pyridine rings is 1. The summed E-state index contributed by atoms with van der Waals surface area (Å²) >= 11 is 0. The second-order valence-corrected chi connectivity index (χ2v) is 6.57. The molecule has 8 heteroatoms. The number of nitrogens with zero attached hydrogens (tertiary/aromatic N) is 3. The van der Waals surface area contributed by atoms with Gasteiger partial charge in [0, 0.05) is 0 Å². The summed E-state index contributed by atoms with van der Waals surface area (Å²) in [4.78, 5) is 25.2. The summed E-state index contributed by atoms with van der Waals surface area (Å²) < 4.78 is 11.1. The van der Waals surface area contributed by atoms with Crippen molar-refractivity contribution in [3.05, 3.63) is 59.2 Å². The molecule has 0 aliphatic heterocycles. The molecule has 0 saturated carbocycles. The number of nitrogen functional groups attached to an aromatic ring is 1. The smallest absolute Gasteiger partial charge is 0.270 e. The van der Waals surface area contributed by atoms with Crippen LogP contribution in [0.25, 0.3) is 11.5 Å². The van der Waals surface area contributed by atoms with Crippen LogP contribution in [0, 0.1) is 6.92 Å². The largest absolute Gasteiger partial charge is 0.460 e. The summed E-state index contributed by atoms with van der Waals surface area (Å²) in [7, 11) is 0. The van der Waals surface area contributed by atoms with E-state index >= 15 is 0 Å². The number of furan rings is 1. The third-order valence-corrected chi connectivity index (χ3v) is 3.83. The molecule has 0 aliphatic rings.